The summed E-state index contributed by atoms with van der Waals surface area (Å²) in [6, 6.07) is 8.74. The van der Waals surface area contributed by atoms with Crippen LogP contribution in [0, 0.1) is 5.92 Å². The van der Waals surface area contributed by atoms with E-state index in [1.807, 2.05) is 0 Å². The standard InChI is InChI=1S/C16H24N2O2S/c19-21(20)10-7-15(13-21)12-17-11-14-3-5-16(6-4-14)18-8-1-2-9-18/h3-6,15,17H,1-2,7-13H2. The number of sulfone groups is 1. The summed E-state index contributed by atoms with van der Waals surface area (Å²) in [4.78, 5) is 2.43. The minimum absolute atomic E-state index is 0.291. The molecule has 1 N–H and O–H groups in total. The monoisotopic (exact) mass is 308 g/mol. The van der Waals surface area contributed by atoms with Gasteiger partial charge in [-0.1, -0.05) is 12.1 Å². The highest BCUT2D eigenvalue weighted by Crippen LogP contribution is 2.21. The van der Waals surface area contributed by atoms with Crippen LogP contribution in [-0.2, 0) is 16.4 Å². The lowest BCUT2D eigenvalue weighted by atomic mass is 10.1. The second kappa shape index (κ2) is 6.36. The maximum atomic E-state index is 11.4. The SMILES string of the molecule is O=S1(=O)CCC(CNCc2ccc(N3CCCC3)cc2)C1. The Morgan fingerprint density at radius 3 is 2.48 bits per heavy atom. The zero-order chi connectivity index (χ0) is 14.7. The van der Waals surface area contributed by atoms with Gasteiger partial charge in [0.15, 0.2) is 9.84 Å². The van der Waals surface area contributed by atoms with Gasteiger partial charge in [0.25, 0.3) is 0 Å². The van der Waals surface area contributed by atoms with Gasteiger partial charge in [0.2, 0.25) is 0 Å². The van der Waals surface area contributed by atoms with Crippen molar-refractivity contribution in [3.63, 3.8) is 0 Å². The van der Waals surface area contributed by atoms with Gasteiger partial charge >= 0.3 is 0 Å². The predicted molar refractivity (Wildman–Crippen MR) is 86.4 cm³/mol. The number of rotatable bonds is 5. The Hall–Kier alpha value is -1.07. The van der Waals surface area contributed by atoms with E-state index in [-0.39, 0.29) is 0 Å². The van der Waals surface area contributed by atoms with E-state index in [4.69, 9.17) is 0 Å². The predicted octanol–water partition coefficient (Wildman–Crippen LogP) is 1.81. The number of anilines is 1. The van der Waals surface area contributed by atoms with Gasteiger partial charge in [-0.25, -0.2) is 8.42 Å². The third-order valence-corrected chi connectivity index (χ3v) is 6.33. The van der Waals surface area contributed by atoms with Gasteiger partial charge in [0.1, 0.15) is 0 Å². The summed E-state index contributed by atoms with van der Waals surface area (Å²) < 4.78 is 22.8. The first-order valence-corrected chi connectivity index (χ1v) is 9.69. The van der Waals surface area contributed by atoms with Crippen molar-refractivity contribution in [1.29, 1.82) is 0 Å². The van der Waals surface area contributed by atoms with Crippen molar-refractivity contribution in [2.75, 3.05) is 36.0 Å². The topological polar surface area (TPSA) is 49.4 Å². The first kappa shape index (κ1) is 14.9. The zero-order valence-electron chi connectivity index (χ0n) is 12.4. The average Bonchev–Trinajstić information content (AvgIpc) is 3.09. The molecule has 1 atom stereocenters. The Morgan fingerprint density at radius 1 is 1.14 bits per heavy atom. The smallest absolute Gasteiger partial charge is 0.150 e. The lowest BCUT2D eigenvalue weighted by Crippen LogP contribution is -2.23. The summed E-state index contributed by atoms with van der Waals surface area (Å²) in [7, 11) is -2.75. The van der Waals surface area contributed by atoms with E-state index < -0.39 is 9.84 Å². The normalized spacial score (nSPS) is 24.6. The quantitative estimate of drug-likeness (QED) is 0.901. The molecule has 2 saturated heterocycles. The van der Waals surface area contributed by atoms with Crippen LogP contribution in [0.2, 0.25) is 0 Å². The van der Waals surface area contributed by atoms with Crippen LogP contribution in [0.1, 0.15) is 24.8 Å². The van der Waals surface area contributed by atoms with Crippen molar-refractivity contribution in [2.24, 2.45) is 5.92 Å². The Kier molecular flexibility index (Phi) is 4.50. The molecule has 2 aliphatic heterocycles. The lowest BCUT2D eigenvalue weighted by molar-refractivity contribution is 0.521. The number of nitrogens with zero attached hydrogens (tertiary/aromatic N) is 1. The molecule has 0 aliphatic carbocycles. The maximum absolute atomic E-state index is 11.4. The van der Waals surface area contributed by atoms with Gasteiger partial charge in [0, 0.05) is 25.3 Å². The number of benzene rings is 1. The van der Waals surface area contributed by atoms with Crippen LogP contribution in [-0.4, -0.2) is 39.6 Å². The van der Waals surface area contributed by atoms with Gasteiger partial charge in [-0.3, -0.25) is 0 Å². The summed E-state index contributed by atoms with van der Waals surface area (Å²) >= 11 is 0. The molecular weight excluding hydrogens is 284 g/mol. The minimum atomic E-state index is -2.75. The molecule has 4 nitrogen and oxygen atoms in total. The fraction of sp³-hybridized carbons (Fsp3) is 0.625. The van der Waals surface area contributed by atoms with E-state index in [0.717, 1.165) is 19.5 Å². The molecule has 0 amide bonds. The molecular formula is C16H24N2O2S. The number of nitrogens with one attached hydrogen (secondary N) is 1. The Bertz CT molecular complexity index is 562. The van der Waals surface area contributed by atoms with Gasteiger partial charge in [-0.15, -0.1) is 0 Å². The van der Waals surface area contributed by atoms with Crippen molar-refractivity contribution in [3.8, 4) is 0 Å². The van der Waals surface area contributed by atoms with E-state index >= 15 is 0 Å². The van der Waals surface area contributed by atoms with Crippen LogP contribution < -0.4 is 10.2 Å². The highest BCUT2D eigenvalue weighted by atomic mass is 32.2. The van der Waals surface area contributed by atoms with Crippen LogP contribution >= 0.6 is 0 Å². The molecule has 2 aliphatic rings. The first-order chi connectivity index (χ1) is 10.1. The maximum Gasteiger partial charge on any atom is 0.150 e. The second-order valence-corrected chi connectivity index (χ2v) is 8.49. The molecule has 21 heavy (non-hydrogen) atoms. The van der Waals surface area contributed by atoms with Crippen molar-refractivity contribution in [3.05, 3.63) is 29.8 Å². The van der Waals surface area contributed by atoms with Crippen molar-refractivity contribution < 1.29 is 8.42 Å². The zero-order valence-corrected chi connectivity index (χ0v) is 13.2. The van der Waals surface area contributed by atoms with Crippen molar-refractivity contribution in [2.45, 2.75) is 25.8 Å². The first-order valence-electron chi connectivity index (χ1n) is 7.87. The lowest BCUT2D eigenvalue weighted by Gasteiger charge is -2.18. The van der Waals surface area contributed by atoms with Crippen molar-refractivity contribution >= 4 is 15.5 Å². The van der Waals surface area contributed by atoms with Gasteiger partial charge in [-0.2, -0.15) is 0 Å². The summed E-state index contributed by atoms with van der Waals surface area (Å²) in [6.07, 6.45) is 3.41. The van der Waals surface area contributed by atoms with Crippen molar-refractivity contribution in [1.82, 2.24) is 5.32 Å². The molecule has 0 radical (unpaired) electrons. The molecule has 1 unspecified atom stereocenters. The van der Waals surface area contributed by atoms with E-state index in [2.05, 4.69) is 34.5 Å². The van der Waals surface area contributed by atoms with Gasteiger partial charge in [0.05, 0.1) is 11.5 Å². The minimum Gasteiger partial charge on any atom is -0.372 e. The van der Waals surface area contributed by atoms with Crippen LogP contribution in [0.5, 0.6) is 0 Å². The van der Waals surface area contributed by atoms with Gasteiger partial charge < -0.3 is 10.2 Å². The Labute approximate surface area is 127 Å². The largest absolute Gasteiger partial charge is 0.372 e. The Balaban J connectivity index is 1.45. The van der Waals surface area contributed by atoms with E-state index in [1.165, 1.54) is 37.2 Å². The molecule has 116 valence electrons. The number of hydrogen-bond acceptors (Lipinski definition) is 4. The average molecular weight is 308 g/mol. The molecule has 1 aromatic carbocycles. The summed E-state index contributed by atoms with van der Waals surface area (Å²) in [6.45, 7) is 3.96. The fourth-order valence-corrected chi connectivity index (χ4v) is 5.12. The van der Waals surface area contributed by atoms with E-state index in [9.17, 15) is 8.42 Å². The molecule has 0 bridgehead atoms. The summed E-state index contributed by atoms with van der Waals surface area (Å²) in [5.74, 6) is 1.01. The van der Waals surface area contributed by atoms with Gasteiger partial charge in [-0.05, 0) is 49.4 Å². The molecule has 0 spiro atoms. The number of hydrogen-bond donors (Lipinski definition) is 1. The van der Waals surface area contributed by atoms with E-state index in [0.29, 0.717) is 17.4 Å². The van der Waals surface area contributed by atoms with E-state index in [1.54, 1.807) is 0 Å². The summed E-state index contributed by atoms with van der Waals surface area (Å²) in [5.41, 5.74) is 2.58. The third-order valence-electron chi connectivity index (χ3n) is 4.50. The molecule has 0 saturated carbocycles. The molecule has 0 aromatic heterocycles. The van der Waals surface area contributed by atoms with Crippen LogP contribution in [0.25, 0.3) is 0 Å². The highest BCUT2D eigenvalue weighted by molar-refractivity contribution is 7.91. The molecule has 3 rings (SSSR count). The molecule has 1 aromatic rings. The fourth-order valence-electron chi connectivity index (χ4n) is 3.25. The van der Waals surface area contributed by atoms with Crippen LogP contribution in [0.3, 0.4) is 0 Å². The summed E-state index contributed by atoms with van der Waals surface area (Å²) in [5, 5.41) is 3.39. The molecule has 5 heteroatoms. The highest BCUT2D eigenvalue weighted by Gasteiger charge is 2.27. The van der Waals surface area contributed by atoms with Crippen LogP contribution in [0.15, 0.2) is 24.3 Å². The molecule has 2 fully saturated rings. The molecule has 2 heterocycles. The van der Waals surface area contributed by atoms with Crippen LogP contribution in [0.4, 0.5) is 5.69 Å². The second-order valence-electron chi connectivity index (χ2n) is 6.26. The Morgan fingerprint density at radius 2 is 1.86 bits per heavy atom. The third kappa shape index (κ3) is 3.98.